The summed E-state index contributed by atoms with van der Waals surface area (Å²) >= 11 is 1.34. The second-order valence-corrected chi connectivity index (χ2v) is 18.6. The van der Waals surface area contributed by atoms with E-state index in [1.54, 1.807) is 0 Å². The van der Waals surface area contributed by atoms with E-state index >= 15 is 0 Å². The zero-order valence-corrected chi connectivity index (χ0v) is 28.2. The Bertz CT molecular complexity index is 1460. The summed E-state index contributed by atoms with van der Waals surface area (Å²) in [7, 11) is -2.11. The second-order valence-electron chi connectivity index (χ2n) is 12.1. The van der Waals surface area contributed by atoms with Crippen LogP contribution in [0.1, 0.15) is 73.8 Å². The van der Waals surface area contributed by atoms with Crippen LogP contribution in [0.15, 0.2) is 102 Å². The van der Waals surface area contributed by atoms with Gasteiger partial charge in [-0.1, -0.05) is 102 Å². The SMILES string of the molecule is Cc1cc(OCc2ccccc2)cc(SC(C(=O)c2ccc(O[Si](C(C)C)(C(C)C)C(C)C)cc2)c2ccccc2)c1O. The number of ketones is 1. The number of hydrogen-bond donors (Lipinski definition) is 1. The fourth-order valence-electron chi connectivity index (χ4n) is 6.05. The molecule has 4 rings (SSSR count). The number of rotatable bonds is 13. The molecule has 0 saturated heterocycles. The molecule has 1 unspecified atom stereocenters. The van der Waals surface area contributed by atoms with Crippen LogP contribution in [0.4, 0.5) is 0 Å². The molecule has 226 valence electrons. The highest BCUT2D eigenvalue weighted by Crippen LogP contribution is 2.45. The Morgan fingerprint density at radius 1 is 0.767 bits per heavy atom. The summed E-state index contributed by atoms with van der Waals surface area (Å²) < 4.78 is 12.9. The maximum Gasteiger partial charge on any atom is 0.258 e. The van der Waals surface area contributed by atoms with Crippen LogP contribution in [0.2, 0.25) is 16.6 Å². The lowest BCUT2D eigenvalue weighted by Crippen LogP contribution is -2.50. The monoisotopic (exact) mass is 612 g/mol. The zero-order valence-electron chi connectivity index (χ0n) is 26.3. The molecule has 0 spiro atoms. The van der Waals surface area contributed by atoms with E-state index in [1.807, 2.05) is 104 Å². The average Bonchev–Trinajstić information content (AvgIpc) is 3.00. The topological polar surface area (TPSA) is 55.8 Å². The lowest BCUT2D eigenvalue weighted by molar-refractivity contribution is 0.0989. The number of ether oxygens (including phenoxy) is 1. The molecule has 1 atom stereocenters. The van der Waals surface area contributed by atoms with Crippen molar-refractivity contribution in [3.63, 3.8) is 0 Å². The number of phenolic OH excluding ortho intramolecular Hbond substituents is 1. The third kappa shape index (κ3) is 7.54. The molecule has 43 heavy (non-hydrogen) atoms. The Morgan fingerprint density at radius 3 is 1.88 bits per heavy atom. The minimum absolute atomic E-state index is 0.0319. The van der Waals surface area contributed by atoms with E-state index in [1.165, 1.54) is 11.8 Å². The Morgan fingerprint density at radius 2 is 1.33 bits per heavy atom. The number of carbonyl (C=O) groups is 1. The molecule has 4 aromatic carbocycles. The van der Waals surface area contributed by atoms with Crippen molar-refractivity contribution in [2.75, 3.05) is 0 Å². The number of carbonyl (C=O) groups excluding carboxylic acids is 1. The van der Waals surface area contributed by atoms with Gasteiger partial charge in [-0.2, -0.15) is 0 Å². The van der Waals surface area contributed by atoms with E-state index in [9.17, 15) is 9.90 Å². The molecule has 0 fully saturated rings. The summed E-state index contributed by atoms with van der Waals surface area (Å²) in [5.74, 6) is 1.60. The average molecular weight is 613 g/mol. The van der Waals surface area contributed by atoms with Gasteiger partial charge in [0.15, 0.2) is 5.78 Å². The Kier molecular flexibility index (Phi) is 10.8. The number of hydrogen-bond acceptors (Lipinski definition) is 5. The van der Waals surface area contributed by atoms with Gasteiger partial charge in [-0.15, -0.1) is 11.8 Å². The van der Waals surface area contributed by atoms with Crippen molar-refractivity contribution < 1.29 is 19.1 Å². The molecule has 1 N–H and O–H groups in total. The van der Waals surface area contributed by atoms with Crippen LogP contribution < -0.4 is 9.16 Å². The summed E-state index contributed by atoms with van der Waals surface area (Å²) in [5, 5.41) is 10.5. The van der Waals surface area contributed by atoms with E-state index in [2.05, 4.69) is 41.5 Å². The van der Waals surface area contributed by atoms with Gasteiger partial charge in [0.2, 0.25) is 0 Å². The van der Waals surface area contributed by atoms with Crippen LogP contribution in [-0.4, -0.2) is 19.2 Å². The maximum absolute atomic E-state index is 14.1. The third-order valence-corrected chi connectivity index (χ3v) is 15.5. The number of aryl methyl sites for hydroxylation is 1. The molecule has 0 bridgehead atoms. The highest BCUT2D eigenvalue weighted by atomic mass is 32.2. The Hall–Kier alpha value is -3.48. The largest absolute Gasteiger partial charge is 0.543 e. The van der Waals surface area contributed by atoms with E-state index in [0.29, 0.717) is 45.0 Å². The predicted octanol–water partition coefficient (Wildman–Crippen LogP) is 10.6. The minimum Gasteiger partial charge on any atom is -0.543 e. The normalized spacial score (nSPS) is 12.5. The van der Waals surface area contributed by atoms with Crippen molar-refractivity contribution in [3.8, 4) is 17.2 Å². The molecule has 0 heterocycles. The van der Waals surface area contributed by atoms with Gasteiger partial charge in [-0.25, -0.2) is 0 Å². The van der Waals surface area contributed by atoms with Gasteiger partial charge in [0.1, 0.15) is 23.9 Å². The number of aromatic hydroxyl groups is 1. The van der Waals surface area contributed by atoms with Crippen molar-refractivity contribution in [1.82, 2.24) is 0 Å². The highest BCUT2D eigenvalue weighted by molar-refractivity contribution is 8.00. The van der Waals surface area contributed by atoms with E-state index in [0.717, 1.165) is 16.9 Å². The van der Waals surface area contributed by atoms with Crippen molar-refractivity contribution in [2.24, 2.45) is 0 Å². The molecular formula is C37H44O4SSi. The third-order valence-electron chi connectivity index (χ3n) is 8.21. The van der Waals surface area contributed by atoms with Crippen molar-refractivity contribution in [3.05, 3.63) is 119 Å². The molecule has 0 radical (unpaired) electrons. The van der Waals surface area contributed by atoms with Crippen LogP contribution >= 0.6 is 11.8 Å². The number of Topliss-reactive ketones (excluding diaryl/α,β-unsaturated/α-hetero) is 1. The molecule has 0 saturated carbocycles. The van der Waals surface area contributed by atoms with Gasteiger partial charge in [0.05, 0.1) is 10.1 Å². The first-order valence-corrected chi connectivity index (χ1v) is 18.1. The van der Waals surface area contributed by atoms with Crippen LogP contribution in [0, 0.1) is 6.92 Å². The molecule has 0 amide bonds. The standard InChI is InChI=1S/C37H44O4SSi/c1-25(2)43(26(3)4,27(5)6)41-32-20-18-30(19-21-32)36(39)37(31-16-12-9-13-17-31)42-34-23-33(22-28(7)35(34)38)40-24-29-14-10-8-11-15-29/h8-23,25-27,37-38H,24H2,1-7H3. The molecule has 4 nitrogen and oxygen atoms in total. The van der Waals surface area contributed by atoms with E-state index in [-0.39, 0.29) is 11.5 Å². The smallest absolute Gasteiger partial charge is 0.258 e. The van der Waals surface area contributed by atoms with Crippen molar-refractivity contribution >= 4 is 25.9 Å². The number of thioether (sulfide) groups is 1. The van der Waals surface area contributed by atoms with Crippen molar-refractivity contribution in [2.45, 2.75) is 81.8 Å². The fourth-order valence-corrected chi connectivity index (χ4v) is 12.6. The van der Waals surface area contributed by atoms with Crippen molar-refractivity contribution in [1.29, 1.82) is 0 Å². The van der Waals surface area contributed by atoms with Gasteiger partial charge >= 0.3 is 0 Å². The first-order valence-electron chi connectivity index (χ1n) is 15.1. The van der Waals surface area contributed by atoms with E-state index in [4.69, 9.17) is 9.16 Å². The molecule has 0 aliphatic heterocycles. The summed E-state index contributed by atoms with van der Waals surface area (Å²) in [5.41, 5.74) is 4.59. The molecule has 0 aliphatic rings. The van der Waals surface area contributed by atoms with Gasteiger partial charge in [-0.3, -0.25) is 4.79 Å². The first-order chi connectivity index (χ1) is 20.5. The van der Waals surface area contributed by atoms with Gasteiger partial charge in [0, 0.05) is 5.56 Å². The number of benzene rings is 4. The van der Waals surface area contributed by atoms with E-state index < -0.39 is 13.6 Å². The Balaban J connectivity index is 1.62. The summed E-state index contributed by atoms with van der Waals surface area (Å²) in [4.78, 5) is 14.7. The predicted molar refractivity (Wildman–Crippen MR) is 181 cm³/mol. The van der Waals surface area contributed by atoms with Gasteiger partial charge in [-0.05, 0) is 76.6 Å². The second kappa shape index (κ2) is 14.3. The summed E-state index contributed by atoms with van der Waals surface area (Å²) in [6.07, 6.45) is 0. The highest BCUT2D eigenvalue weighted by Gasteiger charge is 2.47. The lowest BCUT2D eigenvalue weighted by Gasteiger charge is -2.42. The molecule has 0 aromatic heterocycles. The minimum atomic E-state index is -2.11. The van der Waals surface area contributed by atoms with Crippen LogP contribution in [0.3, 0.4) is 0 Å². The Labute approximate surface area is 262 Å². The quantitative estimate of drug-likeness (QED) is 0.0925. The molecule has 4 aromatic rings. The first kappa shape index (κ1) is 32.4. The fraction of sp³-hybridized carbons (Fsp3) is 0.324. The summed E-state index contributed by atoms with van der Waals surface area (Å²) in [6, 6.07) is 31.0. The lowest BCUT2D eigenvalue weighted by atomic mass is 10.0. The van der Waals surface area contributed by atoms with Crippen LogP contribution in [0.25, 0.3) is 0 Å². The van der Waals surface area contributed by atoms with Gasteiger partial charge < -0.3 is 14.3 Å². The number of phenols is 1. The molecular weight excluding hydrogens is 569 g/mol. The zero-order chi connectivity index (χ0) is 31.1. The molecule has 0 aliphatic carbocycles. The maximum atomic E-state index is 14.1. The molecule has 6 heteroatoms. The van der Waals surface area contributed by atoms with Gasteiger partial charge in [0.25, 0.3) is 8.32 Å². The summed E-state index contributed by atoms with van der Waals surface area (Å²) in [6.45, 7) is 15.9. The van der Waals surface area contributed by atoms with Crippen LogP contribution in [-0.2, 0) is 6.61 Å². The van der Waals surface area contributed by atoms with Crippen LogP contribution in [0.5, 0.6) is 17.2 Å².